The molecule has 0 bridgehead atoms. The lowest BCUT2D eigenvalue weighted by Crippen LogP contribution is -2.43. The zero-order valence-corrected chi connectivity index (χ0v) is 14.1. The van der Waals surface area contributed by atoms with Gasteiger partial charge < -0.3 is 9.64 Å². The molecule has 1 saturated heterocycles. The van der Waals surface area contributed by atoms with E-state index in [9.17, 15) is 4.79 Å². The highest BCUT2D eigenvalue weighted by atomic mass is 16.5. The van der Waals surface area contributed by atoms with Crippen LogP contribution in [0.3, 0.4) is 0 Å². The molecule has 1 fully saturated rings. The highest BCUT2D eigenvalue weighted by Crippen LogP contribution is 2.36. The summed E-state index contributed by atoms with van der Waals surface area (Å²) in [4.78, 5) is 14.8. The van der Waals surface area contributed by atoms with Gasteiger partial charge in [-0.25, -0.2) is 0 Å². The van der Waals surface area contributed by atoms with Crippen LogP contribution in [-0.2, 0) is 11.2 Å². The molecule has 2 aliphatic rings. The van der Waals surface area contributed by atoms with Crippen molar-refractivity contribution >= 4 is 5.91 Å². The topological polar surface area (TPSA) is 29.5 Å². The summed E-state index contributed by atoms with van der Waals surface area (Å²) < 4.78 is 5.72. The second-order valence-electron chi connectivity index (χ2n) is 6.68. The van der Waals surface area contributed by atoms with E-state index in [2.05, 4.69) is 36.4 Å². The van der Waals surface area contributed by atoms with E-state index in [0.717, 1.165) is 31.4 Å². The molecule has 1 aliphatic heterocycles. The lowest BCUT2D eigenvalue weighted by atomic mass is 10.0. The average molecular weight is 321 g/mol. The monoisotopic (exact) mass is 321 g/mol. The minimum Gasteiger partial charge on any atom is -0.377 e. The first kappa shape index (κ1) is 15.4. The van der Waals surface area contributed by atoms with Crippen LogP contribution in [0.5, 0.6) is 0 Å². The molecule has 1 aliphatic carbocycles. The standard InChI is InChI=1S/C21H23NO2/c1-2-24-18-7-5-11-22(14-18)21(23)16-9-10-20-17(13-16)12-15-6-3-4-8-19(15)20/h3-4,6,8-10,13,18H,2,5,7,11-12,14H2,1H3. The Morgan fingerprint density at radius 3 is 2.88 bits per heavy atom. The lowest BCUT2D eigenvalue weighted by molar-refractivity contribution is 0.00724. The maximum absolute atomic E-state index is 12.9. The van der Waals surface area contributed by atoms with E-state index in [1.165, 1.54) is 22.3 Å². The number of fused-ring (bicyclic) bond motifs is 3. The molecule has 0 radical (unpaired) electrons. The number of rotatable bonds is 3. The molecule has 1 amide bonds. The number of carbonyl (C=O) groups is 1. The number of hydrogen-bond acceptors (Lipinski definition) is 2. The summed E-state index contributed by atoms with van der Waals surface area (Å²) in [5.74, 6) is 0.137. The van der Waals surface area contributed by atoms with Crippen molar-refractivity contribution in [2.24, 2.45) is 0 Å². The highest BCUT2D eigenvalue weighted by molar-refractivity contribution is 5.95. The van der Waals surface area contributed by atoms with E-state index in [-0.39, 0.29) is 12.0 Å². The summed E-state index contributed by atoms with van der Waals surface area (Å²) in [7, 11) is 0. The van der Waals surface area contributed by atoms with Crippen LogP contribution in [0, 0.1) is 0 Å². The number of amides is 1. The second-order valence-corrected chi connectivity index (χ2v) is 6.68. The molecule has 1 unspecified atom stereocenters. The van der Waals surface area contributed by atoms with Crippen LogP contribution in [0.1, 0.15) is 41.3 Å². The Morgan fingerprint density at radius 2 is 2.00 bits per heavy atom. The van der Waals surface area contributed by atoms with Crippen LogP contribution in [0.25, 0.3) is 11.1 Å². The molecule has 2 aromatic carbocycles. The highest BCUT2D eigenvalue weighted by Gasteiger charge is 2.26. The Morgan fingerprint density at radius 1 is 1.17 bits per heavy atom. The van der Waals surface area contributed by atoms with Gasteiger partial charge in [0.1, 0.15) is 0 Å². The number of piperidine rings is 1. The van der Waals surface area contributed by atoms with Crippen molar-refractivity contribution < 1.29 is 9.53 Å². The Balaban J connectivity index is 1.55. The van der Waals surface area contributed by atoms with Gasteiger partial charge in [-0.3, -0.25) is 4.79 Å². The van der Waals surface area contributed by atoms with E-state index < -0.39 is 0 Å². The Bertz CT molecular complexity index is 766. The number of carbonyl (C=O) groups excluding carboxylic acids is 1. The van der Waals surface area contributed by atoms with E-state index in [4.69, 9.17) is 4.74 Å². The number of ether oxygens (including phenoxy) is 1. The third-order valence-corrected chi connectivity index (χ3v) is 5.11. The zero-order valence-electron chi connectivity index (χ0n) is 14.1. The Kier molecular flexibility index (Phi) is 4.11. The van der Waals surface area contributed by atoms with Crippen LogP contribution in [0.4, 0.5) is 0 Å². The van der Waals surface area contributed by atoms with Crippen molar-refractivity contribution in [1.82, 2.24) is 4.90 Å². The Labute approximate surface area is 143 Å². The van der Waals surface area contributed by atoms with E-state index in [1.807, 2.05) is 17.9 Å². The normalized spacial score (nSPS) is 19.0. The van der Waals surface area contributed by atoms with Gasteiger partial charge in [-0.1, -0.05) is 30.3 Å². The largest absolute Gasteiger partial charge is 0.377 e. The van der Waals surface area contributed by atoms with Gasteiger partial charge in [-0.05, 0) is 60.6 Å². The predicted molar refractivity (Wildman–Crippen MR) is 95.2 cm³/mol. The van der Waals surface area contributed by atoms with Gasteiger partial charge in [0.2, 0.25) is 0 Å². The van der Waals surface area contributed by atoms with Gasteiger partial charge in [0.25, 0.3) is 5.91 Å². The molecule has 0 spiro atoms. The first-order valence-corrected chi connectivity index (χ1v) is 8.88. The maximum Gasteiger partial charge on any atom is 0.253 e. The number of benzene rings is 2. The van der Waals surface area contributed by atoms with Crippen LogP contribution >= 0.6 is 0 Å². The molecule has 24 heavy (non-hydrogen) atoms. The van der Waals surface area contributed by atoms with Gasteiger partial charge in [-0.15, -0.1) is 0 Å². The molecule has 4 rings (SSSR count). The van der Waals surface area contributed by atoms with Crippen molar-refractivity contribution in [2.75, 3.05) is 19.7 Å². The van der Waals surface area contributed by atoms with E-state index in [1.54, 1.807) is 0 Å². The number of hydrogen-bond donors (Lipinski definition) is 0. The summed E-state index contributed by atoms with van der Waals surface area (Å²) in [5.41, 5.74) is 6.00. The Hall–Kier alpha value is -2.13. The molecule has 0 N–H and O–H groups in total. The van der Waals surface area contributed by atoms with Gasteiger partial charge in [-0.2, -0.15) is 0 Å². The quantitative estimate of drug-likeness (QED) is 0.732. The lowest BCUT2D eigenvalue weighted by Gasteiger charge is -2.32. The van der Waals surface area contributed by atoms with Crippen molar-refractivity contribution in [3.05, 3.63) is 59.2 Å². The average Bonchev–Trinajstić information content (AvgIpc) is 2.99. The summed E-state index contributed by atoms with van der Waals surface area (Å²) in [6.07, 6.45) is 3.18. The van der Waals surface area contributed by atoms with Crippen LogP contribution in [-0.4, -0.2) is 36.6 Å². The van der Waals surface area contributed by atoms with Gasteiger partial charge >= 0.3 is 0 Å². The van der Waals surface area contributed by atoms with E-state index in [0.29, 0.717) is 13.2 Å². The minimum atomic E-state index is 0.137. The third kappa shape index (κ3) is 2.73. The smallest absolute Gasteiger partial charge is 0.253 e. The van der Waals surface area contributed by atoms with Gasteiger partial charge in [0.15, 0.2) is 0 Å². The first-order chi connectivity index (χ1) is 11.8. The van der Waals surface area contributed by atoms with Gasteiger partial charge in [0, 0.05) is 25.3 Å². The van der Waals surface area contributed by atoms with Crippen molar-refractivity contribution in [1.29, 1.82) is 0 Å². The van der Waals surface area contributed by atoms with Crippen molar-refractivity contribution in [3.63, 3.8) is 0 Å². The molecular formula is C21H23NO2. The molecule has 3 nitrogen and oxygen atoms in total. The predicted octanol–water partition coefficient (Wildman–Crippen LogP) is 3.90. The van der Waals surface area contributed by atoms with Crippen LogP contribution in [0.2, 0.25) is 0 Å². The van der Waals surface area contributed by atoms with Crippen molar-refractivity contribution in [2.45, 2.75) is 32.3 Å². The fourth-order valence-corrected chi connectivity index (χ4v) is 3.96. The van der Waals surface area contributed by atoms with Crippen LogP contribution < -0.4 is 0 Å². The molecule has 0 aromatic heterocycles. The zero-order chi connectivity index (χ0) is 16.5. The fourth-order valence-electron chi connectivity index (χ4n) is 3.96. The molecule has 3 heteroatoms. The molecule has 124 valence electrons. The molecule has 1 atom stereocenters. The molecule has 2 aromatic rings. The van der Waals surface area contributed by atoms with E-state index >= 15 is 0 Å². The maximum atomic E-state index is 12.9. The molecule has 0 saturated carbocycles. The number of nitrogens with zero attached hydrogens (tertiary/aromatic N) is 1. The summed E-state index contributed by atoms with van der Waals surface area (Å²) in [5, 5.41) is 0. The molecule has 1 heterocycles. The molecular weight excluding hydrogens is 298 g/mol. The SMILES string of the molecule is CCOC1CCCN(C(=O)c2ccc3c(c2)Cc2ccccc2-3)C1. The first-order valence-electron chi connectivity index (χ1n) is 8.88. The van der Waals surface area contributed by atoms with Crippen molar-refractivity contribution in [3.8, 4) is 11.1 Å². The fraction of sp³-hybridized carbons (Fsp3) is 0.381. The minimum absolute atomic E-state index is 0.137. The van der Waals surface area contributed by atoms with Gasteiger partial charge in [0.05, 0.1) is 6.10 Å². The number of likely N-dealkylation sites (tertiary alicyclic amines) is 1. The van der Waals surface area contributed by atoms with Crippen LogP contribution in [0.15, 0.2) is 42.5 Å². The summed E-state index contributed by atoms with van der Waals surface area (Å²) >= 11 is 0. The summed E-state index contributed by atoms with van der Waals surface area (Å²) in [6, 6.07) is 14.7. The summed E-state index contributed by atoms with van der Waals surface area (Å²) in [6.45, 7) is 4.27. The third-order valence-electron chi connectivity index (χ3n) is 5.11. The second kappa shape index (κ2) is 6.40.